The van der Waals surface area contributed by atoms with Crippen LogP contribution >= 0.6 is 0 Å². The summed E-state index contributed by atoms with van der Waals surface area (Å²) in [4.78, 5) is 14.8. The molecule has 2 heterocycles. The van der Waals surface area contributed by atoms with Crippen LogP contribution in [0.3, 0.4) is 0 Å². The quantitative estimate of drug-likeness (QED) is 0.819. The summed E-state index contributed by atoms with van der Waals surface area (Å²) in [6, 6.07) is 0. The lowest BCUT2D eigenvalue weighted by Gasteiger charge is -2.26. The number of carbonyl (C=O) groups excluding carboxylic acids is 1. The average Bonchev–Trinajstić information content (AvgIpc) is 2.86. The van der Waals surface area contributed by atoms with Crippen molar-refractivity contribution >= 4 is 5.91 Å². The van der Waals surface area contributed by atoms with Crippen molar-refractivity contribution in [2.75, 3.05) is 26.2 Å². The number of hydrogen-bond donors (Lipinski definition) is 1. The molecule has 1 N–H and O–H groups in total. The Morgan fingerprint density at radius 3 is 2.71 bits per heavy atom. The summed E-state index contributed by atoms with van der Waals surface area (Å²) in [5, 5.41) is 6.91. The van der Waals surface area contributed by atoms with Crippen molar-refractivity contribution in [3.63, 3.8) is 0 Å². The maximum absolute atomic E-state index is 12.3. The van der Waals surface area contributed by atoms with Gasteiger partial charge in [0, 0.05) is 12.5 Å². The molecule has 1 fully saturated rings. The van der Waals surface area contributed by atoms with Crippen LogP contribution in [-0.2, 0) is 0 Å². The molecule has 118 valence electrons. The van der Waals surface area contributed by atoms with Crippen LogP contribution < -0.4 is 5.32 Å². The van der Waals surface area contributed by atoms with E-state index in [0.29, 0.717) is 23.6 Å². The average molecular weight is 293 g/mol. The highest BCUT2D eigenvalue weighted by Gasteiger charge is 2.22. The standard InChI is InChI=1S/C16H27N3O2/c1-12(2)15-14(13(3)18-21-15)16(20)17-8-7-11-19-9-5-4-6-10-19/h12H,4-11H2,1-3H3,(H,17,20). The van der Waals surface area contributed by atoms with Crippen LogP contribution in [0.4, 0.5) is 0 Å². The Morgan fingerprint density at radius 2 is 2.05 bits per heavy atom. The van der Waals surface area contributed by atoms with Crippen LogP contribution in [-0.4, -0.2) is 42.1 Å². The fraction of sp³-hybridized carbons (Fsp3) is 0.750. The van der Waals surface area contributed by atoms with E-state index < -0.39 is 0 Å². The van der Waals surface area contributed by atoms with E-state index in [0.717, 1.165) is 13.0 Å². The van der Waals surface area contributed by atoms with Crippen molar-refractivity contribution < 1.29 is 9.32 Å². The fourth-order valence-corrected chi connectivity index (χ4v) is 2.83. The zero-order valence-corrected chi connectivity index (χ0v) is 13.4. The molecule has 1 amide bonds. The van der Waals surface area contributed by atoms with Gasteiger partial charge in [-0.25, -0.2) is 0 Å². The molecule has 0 aromatic carbocycles. The molecule has 1 aliphatic heterocycles. The largest absolute Gasteiger partial charge is 0.360 e. The van der Waals surface area contributed by atoms with Gasteiger partial charge in [-0.15, -0.1) is 0 Å². The van der Waals surface area contributed by atoms with Crippen LogP contribution in [0.2, 0.25) is 0 Å². The molecule has 0 atom stereocenters. The van der Waals surface area contributed by atoms with Crippen LogP contribution in [0.15, 0.2) is 4.52 Å². The van der Waals surface area contributed by atoms with Crippen molar-refractivity contribution in [2.24, 2.45) is 0 Å². The Morgan fingerprint density at radius 1 is 1.33 bits per heavy atom. The summed E-state index contributed by atoms with van der Waals surface area (Å²) in [5.74, 6) is 0.789. The fourth-order valence-electron chi connectivity index (χ4n) is 2.83. The molecule has 5 heteroatoms. The molecule has 0 bridgehead atoms. The predicted octanol–water partition coefficient (Wildman–Crippen LogP) is 2.71. The zero-order valence-electron chi connectivity index (χ0n) is 13.4. The predicted molar refractivity (Wildman–Crippen MR) is 82.6 cm³/mol. The van der Waals surface area contributed by atoms with Gasteiger partial charge >= 0.3 is 0 Å². The van der Waals surface area contributed by atoms with Gasteiger partial charge in [0.25, 0.3) is 5.91 Å². The van der Waals surface area contributed by atoms with Gasteiger partial charge in [-0.2, -0.15) is 0 Å². The third-order valence-corrected chi connectivity index (χ3v) is 4.03. The summed E-state index contributed by atoms with van der Waals surface area (Å²) in [5.41, 5.74) is 1.29. The van der Waals surface area contributed by atoms with Gasteiger partial charge in [0.2, 0.25) is 0 Å². The maximum Gasteiger partial charge on any atom is 0.256 e. The maximum atomic E-state index is 12.3. The van der Waals surface area contributed by atoms with Gasteiger partial charge in [0.15, 0.2) is 5.76 Å². The highest BCUT2D eigenvalue weighted by molar-refractivity contribution is 5.96. The first-order chi connectivity index (χ1) is 10.1. The minimum absolute atomic E-state index is 0.0592. The molecule has 0 saturated carbocycles. The van der Waals surface area contributed by atoms with E-state index in [1.54, 1.807) is 0 Å². The lowest BCUT2D eigenvalue weighted by molar-refractivity contribution is 0.0948. The molecule has 1 saturated heterocycles. The first-order valence-electron chi connectivity index (χ1n) is 8.06. The second kappa shape index (κ2) is 7.59. The second-order valence-corrected chi connectivity index (χ2v) is 6.17. The smallest absolute Gasteiger partial charge is 0.256 e. The first kappa shape index (κ1) is 16.0. The molecular formula is C16H27N3O2. The number of hydrogen-bond acceptors (Lipinski definition) is 4. The third kappa shape index (κ3) is 4.30. The van der Waals surface area contributed by atoms with Crippen molar-refractivity contribution in [2.45, 2.75) is 52.4 Å². The summed E-state index contributed by atoms with van der Waals surface area (Å²) in [6.07, 6.45) is 4.97. The third-order valence-electron chi connectivity index (χ3n) is 4.03. The summed E-state index contributed by atoms with van der Waals surface area (Å²) in [6.45, 7) is 10.0. The van der Waals surface area contributed by atoms with E-state index >= 15 is 0 Å². The molecule has 2 rings (SSSR count). The van der Waals surface area contributed by atoms with E-state index in [2.05, 4.69) is 15.4 Å². The topological polar surface area (TPSA) is 58.4 Å². The lowest BCUT2D eigenvalue weighted by atomic mass is 10.0. The van der Waals surface area contributed by atoms with Gasteiger partial charge in [-0.05, 0) is 45.8 Å². The van der Waals surface area contributed by atoms with E-state index in [1.807, 2.05) is 20.8 Å². The molecule has 0 spiro atoms. The lowest BCUT2D eigenvalue weighted by Crippen LogP contribution is -2.33. The summed E-state index contributed by atoms with van der Waals surface area (Å²) in [7, 11) is 0. The number of aromatic nitrogens is 1. The van der Waals surface area contributed by atoms with Gasteiger partial charge in [0.05, 0.1) is 5.69 Å². The van der Waals surface area contributed by atoms with Gasteiger partial charge in [-0.3, -0.25) is 4.79 Å². The minimum atomic E-state index is -0.0592. The minimum Gasteiger partial charge on any atom is -0.360 e. The van der Waals surface area contributed by atoms with Crippen molar-refractivity contribution in [1.29, 1.82) is 0 Å². The number of carbonyl (C=O) groups is 1. The molecule has 0 radical (unpaired) electrons. The SMILES string of the molecule is Cc1noc(C(C)C)c1C(=O)NCCCN1CCCCC1. The molecule has 1 aromatic rings. The highest BCUT2D eigenvalue weighted by atomic mass is 16.5. The summed E-state index contributed by atoms with van der Waals surface area (Å²) < 4.78 is 5.26. The van der Waals surface area contributed by atoms with Crippen LogP contribution in [0.1, 0.15) is 67.3 Å². The van der Waals surface area contributed by atoms with Crippen molar-refractivity contribution in [3.8, 4) is 0 Å². The van der Waals surface area contributed by atoms with Gasteiger partial charge in [-0.1, -0.05) is 25.4 Å². The number of nitrogens with one attached hydrogen (secondary N) is 1. The Hall–Kier alpha value is -1.36. The van der Waals surface area contributed by atoms with Gasteiger partial charge in [0.1, 0.15) is 5.56 Å². The van der Waals surface area contributed by atoms with Crippen molar-refractivity contribution in [1.82, 2.24) is 15.4 Å². The molecule has 1 aliphatic rings. The van der Waals surface area contributed by atoms with E-state index in [9.17, 15) is 4.79 Å². The van der Waals surface area contributed by atoms with Crippen LogP contribution in [0, 0.1) is 6.92 Å². The van der Waals surface area contributed by atoms with Gasteiger partial charge < -0.3 is 14.7 Å². The Bertz CT molecular complexity index is 462. The zero-order chi connectivity index (χ0) is 15.2. The monoisotopic (exact) mass is 293 g/mol. The number of aryl methyl sites for hydroxylation is 1. The molecular weight excluding hydrogens is 266 g/mol. The molecule has 0 unspecified atom stereocenters. The normalized spacial score (nSPS) is 16.4. The Balaban J connectivity index is 1.78. The molecule has 21 heavy (non-hydrogen) atoms. The number of rotatable bonds is 6. The molecule has 5 nitrogen and oxygen atoms in total. The number of nitrogens with zero attached hydrogens (tertiary/aromatic N) is 2. The van der Waals surface area contributed by atoms with Crippen molar-refractivity contribution in [3.05, 3.63) is 17.0 Å². The number of amides is 1. The molecule has 1 aromatic heterocycles. The summed E-state index contributed by atoms with van der Waals surface area (Å²) >= 11 is 0. The van der Waals surface area contributed by atoms with E-state index in [1.165, 1.54) is 32.4 Å². The van der Waals surface area contributed by atoms with E-state index in [-0.39, 0.29) is 11.8 Å². The van der Waals surface area contributed by atoms with Crippen LogP contribution in [0.25, 0.3) is 0 Å². The first-order valence-corrected chi connectivity index (χ1v) is 8.06. The Kier molecular flexibility index (Phi) is 5.79. The molecule has 0 aliphatic carbocycles. The second-order valence-electron chi connectivity index (χ2n) is 6.17. The van der Waals surface area contributed by atoms with Crippen LogP contribution in [0.5, 0.6) is 0 Å². The number of likely N-dealkylation sites (tertiary alicyclic amines) is 1. The number of piperidine rings is 1. The van der Waals surface area contributed by atoms with E-state index in [4.69, 9.17) is 4.52 Å². The Labute approximate surface area is 127 Å². The highest BCUT2D eigenvalue weighted by Crippen LogP contribution is 2.21.